The molecular weight excluding hydrogens is 360 g/mol. The quantitative estimate of drug-likeness (QED) is 0.870. The predicted molar refractivity (Wildman–Crippen MR) is 84.7 cm³/mol. The minimum absolute atomic E-state index is 0.309. The molecule has 2 N–H and O–H groups in total. The van der Waals surface area contributed by atoms with Crippen molar-refractivity contribution >= 4 is 43.0 Å². The lowest BCUT2D eigenvalue weighted by atomic mass is 9.99. The summed E-state index contributed by atoms with van der Waals surface area (Å²) in [6.07, 6.45) is 0.833. The van der Waals surface area contributed by atoms with E-state index >= 15 is 0 Å². The van der Waals surface area contributed by atoms with E-state index in [2.05, 4.69) is 26.0 Å². The summed E-state index contributed by atoms with van der Waals surface area (Å²) in [6.45, 7) is 1.65. The third-order valence-electron chi connectivity index (χ3n) is 3.21. The van der Waals surface area contributed by atoms with Crippen LogP contribution < -0.4 is 10.0 Å². The van der Waals surface area contributed by atoms with E-state index in [-0.39, 0.29) is 0 Å². The Bertz CT molecular complexity index is 741. The molecule has 7 heteroatoms. The fraction of sp³-hybridized carbons (Fsp3) is 0.231. The second-order valence-corrected chi connectivity index (χ2v) is 8.18. The van der Waals surface area contributed by atoms with Crippen molar-refractivity contribution in [2.75, 3.05) is 11.3 Å². The molecule has 0 atom stereocenters. The molecule has 0 aliphatic carbocycles. The molecule has 1 aliphatic heterocycles. The maximum atomic E-state index is 12.4. The Labute approximate surface area is 130 Å². The van der Waals surface area contributed by atoms with E-state index in [1.165, 1.54) is 11.3 Å². The highest BCUT2D eigenvalue weighted by Crippen LogP contribution is 2.31. The highest BCUT2D eigenvalue weighted by molar-refractivity contribution is 9.10. The number of benzene rings is 1. The number of hydrogen-bond donors (Lipinski definition) is 2. The lowest BCUT2D eigenvalue weighted by Crippen LogP contribution is -2.25. The molecule has 3 rings (SSSR count). The van der Waals surface area contributed by atoms with Gasteiger partial charge in [0.1, 0.15) is 0 Å². The van der Waals surface area contributed by atoms with Gasteiger partial charge in [-0.3, -0.25) is 4.72 Å². The maximum Gasteiger partial charge on any atom is 0.272 e. The Morgan fingerprint density at radius 2 is 2.15 bits per heavy atom. The molecule has 0 saturated carbocycles. The van der Waals surface area contributed by atoms with Crippen LogP contribution in [0.1, 0.15) is 11.1 Å². The molecule has 2 heterocycles. The average molecular weight is 373 g/mol. The molecule has 2 aromatic rings. The van der Waals surface area contributed by atoms with Crippen molar-refractivity contribution in [1.82, 2.24) is 5.32 Å². The fourth-order valence-electron chi connectivity index (χ4n) is 2.29. The fourth-order valence-corrected chi connectivity index (χ4v) is 5.72. The van der Waals surface area contributed by atoms with Crippen LogP contribution in [-0.2, 0) is 23.0 Å². The molecule has 4 nitrogen and oxygen atoms in total. The van der Waals surface area contributed by atoms with E-state index in [1.54, 1.807) is 11.4 Å². The van der Waals surface area contributed by atoms with Crippen LogP contribution >= 0.6 is 27.3 Å². The molecule has 20 heavy (non-hydrogen) atoms. The molecule has 1 aromatic carbocycles. The lowest BCUT2D eigenvalue weighted by molar-refractivity contribution is 0.602. The number of halogens is 1. The summed E-state index contributed by atoms with van der Waals surface area (Å²) in [5, 5.41) is 5.04. The van der Waals surface area contributed by atoms with Crippen LogP contribution in [0.2, 0.25) is 0 Å². The highest BCUT2D eigenvalue weighted by atomic mass is 79.9. The highest BCUT2D eigenvalue weighted by Gasteiger charge is 2.22. The van der Waals surface area contributed by atoms with Gasteiger partial charge < -0.3 is 5.32 Å². The first-order valence-electron chi connectivity index (χ1n) is 6.15. The third kappa shape index (κ3) is 2.63. The number of rotatable bonds is 3. The standard InChI is InChI=1S/C13H13BrN2O2S2/c14-11-5-7-19-13(11)20(17,18)16-12-3-1-2-9-8-15-6-4-10(9)12/h1-3,5,7,15-16H,4,6,8H2. The van der Waals surface area contributed by atoms with Crippen molar-refractivity contribution in [1.29, 1.82) is 0 Å². The molecule has 0 amide bonds. The van der Waals surface area contributed by atoms with Gasteiger partial charge in [-0.05, 0) is 57.5 Å². The zero-order valence-electron chi connectivity index (χ0n) is 10.5. The van der Waals surface area contributed by atoms with Crippen molar-refractivity contribution in [3.8, 4) is 0 Å². The molecule has 0 unspecified atom stereocenters. The summed E-state index contributed by atoms with van der Waals surface area (Å²) in [5.74, 6) is 0. The molecular formula is C13H13BrN2O2S2. The van der Waals surface area contributed by atoms with Crippen LogP contribution in [0.5, 0.6) is 0 Å². The summed E-state index contributed by atoms with van der Waals surface area (Å²) in [5.41, 5.74) is 2.92. The van der Waals surface area contributed by atoms with E-state index in [0.29, 0.717) is 14.4 Å². The monoisotopic (exact) mass is 372 g/mol. The van der Waals surface area contributed by atoms with E-state index in [0.717, 1.165) is 30.6 Å². The SMILES string of the molecule is O=S(=O)(Nc1cccc2c1CCNC2)c1sccc1Br. The van der Waals surface area contributed by atoms with Crippen molar-refractivity contribution in [3.05, 3.63) is 45.2 Å². The first-order valence-corrected chi connectivity index (χ1v) is 9.31. The van der Waals surface area contributed by atoms with Gasteiger partial charge >= 0.3 is 0 Å². The average Bonchev–Trinajstić information content (AvgIpc) is 2.86. The Kier molecular flexibility index (Phi) is 3.85. The van der Waals surface area contributed by atoms with Gasteiger partial charge in [0, 0.05) is 11.0 Å². The van der Waals surface area contributed by atoms with Crippen LogP contribution in [0.4, 0.5) is 5.69 Å². The summed E-state index contributed by atoms with van der Waals surface area (Å²) >= 11 is 4.48. The van der Waals surface area contributed by atoms with Gasteiger partial charge in [0.15, 0.2) is 4.21 Å². The van der Waals surface area contributed by atoms with Crippen LogP contribution in [0, 0.1) is 0 Å². The first kappa shape index (κ1) is 14.1. The van der Waals surface area contributed by atoms with Crippen molar-refractivity contribution in [2.45, 2.75) is 17.2 Å². The predicted octanol–water partition coefficient (Wildman–Crippen LogP) is 2.96. The van der Waals surface area contributed by atoms with E-state index in [4.69, 9.17) is 0 Å². The maximum absolute atomic E-state index is 12.4. The van der Waals surface area contributed by atoms with Crippen LogP contribution in [0.3, 0.4) is 0 Å². The van der Waals surface area contributed by atoms with Crippen molar-refractivity contribution in [3.63, 3.8) is 0 Å². The normalized spacial score (nSPS) is 14.8. The van der Waals surface area contributed by atoms with Crippen molar-refractivity contribution < 1.29 is 8.42 Å². The van der Waals surface area contributed by atoms with Crippen LogP contribution in [-0.4, -0.2) is 15.0 Å². The van der Waals surface area contributed by atoms with E-state index in [1.807, 2.05) is 18.2 Å². The number of fused-ring (bicyclic) bond motifs is 1. The molecule has 0 fully saturated rings. The smallest absolute Gasteiger partial charge is 0.272 e. The molecule has 1 aromatic heterocycles. The van der Waals surface area contributed by atoms with Gasteiger partial charge in [0.25, 0.3) is 10.0 Å². The Balaban J connectivity index is 1.98. The Morgan fingerprint density at radius 1 is 1.30 bits per heavy atom. The molecule has 0 radical (unpaired) electrons. The number of anilines is 1. The van der Waals surface area contributed by atoms with Gasteiger partial charge in [-0.1, -0.05) is 12.1 Å². The molecule has 0 saturated heterocycles. The van der Waals surface area contributed by atoms with Crippen LogP contribution in [0.25, 0.3) is 0 Å². The minimum atomic E-state index is -3.53. The third-order valence-corrected chi connectivity index (χ3v) is 7.25. The number of thiophene rings is 1. The molecule has 1 aliphatic rings. The summed E-state index contributed by atoms with van der Waals surface area (Å²) in [4.78, 5) is 0. The topological polar surface area (TPSA) is 58.2 Å². The van der Waals surface area contributed by atoms with Crippen molar-refractivity contribution in [2.24, 2.45) is 0 Å². The number of hydrogen-bond acceptors (Lipinski definition) is 4. The Hall–Kier alpha value is -0.890. The second kappa shape index (κ2) is 5.48. The van der Waals surface area contributed by atoms with E-state index < -0.39 is 10.0 Å². The molecule has 0 bridgehead atoms. The van der Waals surface area contributed by atoms with Gasteiger partial charge in [0.05, 0.1) is 5.69 Å². The minimum Gasteiger partial charge on any atom is -0.312 e. The molecule has 0 spiro atoms. The lowest BCUT2D eigenvalue weighted by Gasteiger charge is -2.20. The van der Waals surface area contributed by atoms with E-state index in [9.17, 15) is 8.42 Å². The summed E-state index contributed by atoms with van der Waals surface area (Å²) in [7, 11) is -3.53. The van der Waals surface area contributed by atoms with Gasteiger partial charge in [-0.25, -0.2) is 8.42 Å². The number of sulfonamides is 1. The zero-order chi connectivity index (χ0) is 14.2. The summed E-state index contributed by atoms with van der Waals surface area (Å²) in [6, 6.07) is 7.47. The van der Waals surface area contributed by atoms with Gasteiger partial charge in [0.2, 0.25) is 0 Å². The molecule has 106 valence electrons. The second-order valence-electron chi connectivity index (χ2n) is 4.53. The number of nitrogens with one attached hydrogen (secondary N) is 2. The van der Waals surface area contributed by atoms with Gasteiger partial charge in [-0.15, -0.1) is 11.3 Å². The first-order chi connectivity index (χ1) is 9.58. The Morgan fingerprint density at radius 3 is 2.90 bits per heavy atom. The summed E-state index contributed by atoms with van der Waals surface area (Å²) < 4.78 is 28.5. The van der Waals surface area contributed by atoms with Crippen LogP contribution in [0.15, 0.2) is 38.3 Å². The van der Waals surface area contributed by atoms with Gasteiger partial charge in [-0.2, -0.15) is 0 Å². The zero-order valence-corrected chi connectivity index (χ0v) is 13.7. The largest absolute Gasteiger partial charge is 0.312 e.